The molecule has 220 valence electrons. The van der Waals surface area contributed by atoms with Crippen molar-refractivity contribution in [2.75, 3.05) is 13.7 Å². The van der Waals surface area contributed by atoms with E-state index in [1.165, 1.54) is 6.92 Å². The maximum absolute atomic E-state index is 14.5. The summed E-state index contributed by atoms with van der Waals surface area (Å²) >= 11 is 0. The highest BCUT2D eigenvalue weighted by Gasteiger charge is 2.93. The number of carbonyl (C=O) groups excluding carboxylic acids is 1. The molecular formula is C20H17F15O3. The summed E-state index contributed by atoms with van der Waals surface area (Å²) in [5, 5.41) is 0. The summed E-state index contributed by atoms with van der Waals surface area (Å²) in [5.74, 6) is -48.2. The predicted molar refractivity (Wildman–Crippen MR) is 97.1 cm³/mol. The molecule has 0 radical (unpaired) electrons. The van der Waals surface area contributed by atoms with Crippen LogP contribution in [0.1, 0.15) is 36.2 Å². The number of ether oxygens (including phenoxy) is 2. The zero-order valence-corrected chi connectivity index (χ0v) is 19.1. The molecule has 0 spiro atoms. The molecular weight excluding hydrogens is 573 g/mol. The Morgan fingerprint density at radius 2 is 1.18 bits per heavy atom. The Labute approximate surface area is 203 Å². The van der Waals surface area contributed by atoms with Crippen molar-refractivity contribution < 1.29 is 80.1 Å². The third-order valence-electron chi connectivity index (χ3n) is 5.39. The molecule has 0 aliphatic carbocycles. The van der Waals surface area contributed by atoms with Gasteiger partial charge in [-0.3, -0.25) is 0 Å². The summed E-state index contributed by atoms with van der Waals surface area (Å²) in [6.45, 7) is 1.65. The molecule has 18 heteroatoms. The summed E-state index contributed by atoms with van der Waals surface area (Å²) in [4.78, 5) is 11.8. The number of benzene rings is 1. The van der Waals surface area contributed by atoms with E-state index in [0.717, 1.165) is 18.2 Å². The first-order valence-corrected chi connectivity index (χ1v) is 9.88. The summed E-state index contributed by atoms with van der Waals surface area (Å²) < 4.78 is 211. The van der Waals surface area contributed by atoms with Crippen LogP contribution in [-0.4, -0.2) is 61.4 Å². The van der Waals surface area contributed by atoms with Crippen molar-refractivity contribution >= 4 is 5.97 Å². The minimum absolute atomic E-state index is 0.198. The fourth-order valence-corrected chi connectivity index (χ4v) is 3.02. The fraction of sp³-hybridized carbons (Fsp3) is 0.650. The molecule has 3 nitrogen and oxygen atoms in total. The molecule has 1 unspecified atom stereocenters. The Morgan fingerprint density at radius 3 is 1.61 bits per heavy atom. The molecule has 38 heavy (non-hydrogen) atoms. The topological polar surface area (TPSA) is 35.5 Å². The van der Waals surface area contributed by atoms with Crippen LogP contribution in [0.5, 0.6) is 0 Å². The zero-order valence-electron chi connectivity index (χ0n) is 19.1. The van der Waals surface area contributed by atoms with Gasteiger partial charge in [-0.25, -0.2) is 4.79 Å². The molecule has 0 bridgehead atoms. The Hall–Kier alpha value is -2.40. The van der Waals surface area contributed by atoms with Crippen LogP contribution in [-0.2, 0) is 15.1 Å². The van der Waals surface area contributed by atoms with Crippen molar-refractivity contribution in [1.29, 1.82) is 0 Å². The van der Waals surface area contributed by atoms with Gasteiger partial charge in [-0.15, -0.1) is 0 Å². The van der Waals surface area contributed by atoms with E-state index in [2.05, 4.69) is 9.47 Å². The first kappa shape index (κ1) is 33.6. The van der Waals surface area contributed by atoms with Gasteiger partial charge in [0.05, 0.1) is 24.2 Å². The van der Waals surface area contributed by atoms with Crippen molar-refractivity contribution in [3.8, 4) is 0 Å². The average molecular weight is 590 g/mol. The van der Waals surface area contributed by atoms with E-state index < -0.39 is 70.8 Å². The lowest BCUT2D eigenvalue weighted by atomic mass is 9.83. The van der Waals surface area contributed by atoms with Gasteiger partial charge >= 0.3 is 47.7 Å². The number of halogens is 15. The molecule has 1 rings (SSSR count). The first-order valence-electron chi connectivity index (χ1n) is 9.88. The van der Waals surface area contributed by atoms with Gasteiger partial charge in [0.15, 0.2) is 0 Å². The van der Waals surface area contributed by atoms with Crippen LogP contribution in [0, 0.1) is 0 Å². The van der Waals surface area contributed by atoms with Gasteiger partial charge in [0, 0.05) is 7.11 Å². The molecule has 1 aromatic carbocycles. The van der Waals surface area contributed by atoms with E-state index in [0.29, 0.717) is 20.1 Å². The van der Waals surface area contributed by atoms with E-state index in [-0.39, 0.29) is 6.61 Å². The summed E-state index contributed by atoms with van der Waals surface area (Å²) in [6.07, 6.45) is -10.4. The molecule has 0 aliphatic heterocycles. The van der Waals surface area contributed by atoms with Crippen LogP contribution in [0.15, 0.2) is 24.3 Å². The highest BCUT2D eigenvalue weighted by atomic mass is 19.4. The van der Waals surface area contributed by atoms with Crippen LogP contribution >= 0.6 is 0 Å². The Morgan fingerprint density at radius 1 is 0.737 bits per heavy atom. The van der Waals surface area contributed by atoms with Crippen LogP contribution in [0.25, 0.3) is 0 Å². The van der Waals surface area contributed by atoms with Gasteiger partial charge in [0.1, 0.15) is 0 Å². The van der Waals surface area contributed by atoms with Gasteiger partial charge in [-0.05, 0) is 31.5 Å². The Kier molecular flexibility index (Phi) is 8.82. The number of carbonyl (C=O) groups is 1. The third-order valence-corrected chi connectivity index (χ3v) is 5.39. The third kappa shape index (κ3) is 5.11. The zero-order chi connectivity index (χ0) is 30.4. The number of hydrogen-bond donors (Lipinski definition) is 0. The van der Waals surface area contributed by atoms with Gasteiger partial charge in [-0.2, -0.15) is 65.9 Å². The number of rotatable bonds is 11. The lowest BCUT2D eigenvalue weighted by Gasteiger charge is -2.43. The molecule has 1 aromatic rings. The number of methoxy groups -OCH3 is 1. The van der Waals surface area contributed by atoms with Gasteiger partial charge in [0.2, 0.25) is 0 Å². The highest BCUT2D eigenvalue weighted by molar-refractivity contribution is 5.89. The largest absolute Gasteiger partial charge is 0.462 e. The lowest BCUT2D eigenvalue weighted by Crippen LogP contribution is -2.72. The summed E-state index contributed by atoms with van der Waals surface area (Å²) in [7, 11) is 0.524. The average Bonchev–Trinajstić information content (AvgIpc) is 2.77. The fourth-order valence-electron chi connectivity index (χ4n) is 3.02. The van der Waals surface area contributed by atoms with E-state index in [4.69, 9.17) is 0 Å². The van der Waals surface area contributed by atoms with Crippen molar-refractivity contribution in [1.82, 2.24) is 0 Å². The molecule has 0 heterocycles. The molecule has 0 amide bonds. The molecule has 0 saturated carbocycles. The maximum atomic E-state index is 14.5. The minimum Gasteiger partial charge on any atom is -0.462 e. The molecule has 0 aromatic heterocycles. The number of alkyl halides is 15. The quantitative estimate of drug-likeness (QED) is 0.198. The van der Waals surface area contributed by atoms with E-state index in [1.807, 2.05) is 0 Å². The number of esters is 1. The SMILES string of the molecule is CCOC(=O)c1cccc(C(C)(CC(F)(F)C(F)(F)C(F)(F)C(F)(F)C(F)(F)C(F)(F)C(F)(F)F)OC)c1. The highest BCUT2D eigenvalue weighted by Crippen LogP contribution is 2.63. The second-order valence-electron chi connectivity index (χ2n) is 7.99. The second-order valence-corrected chi connectivity index (χ2v) is 7.99. The molecule has 0 saturated heterocycles. The molecule has 1 atom stereocenters. The molecule has 0 fully saturated rings. The minimum atomic E-state index is -8.38. The maximum Gasteiger partial charge on any atom is 0.460 e. The van der Waals surface area contributed by atoms with Crippen molar-refractivity contribution in [3.63, 3.8) is 0 Å². The molecule has 0 N–H and O–H groups in total. The Balaban J connectivity index is 3.61. The van der Waals surface area contributed by atoms with Crippen molar-refractivity contribution in [3.05, 3.63) is 35.4 Å². The van der Waals surface area contributed by atoms with Crippen molar-refractivity contribution in [2.45, 2.75) is 67.6 Å². The van der Waals surface area contributed by atoms with Crippen LogP contribution in [0.2, 0.25) is 0 Å². The summed E-state index contributed by atoms with van der Waals surface area (Å²) in [5.41, 5.74) is -3.97. The summed E-state index contributed by atoms with van der Waals surface area (Å²) in [6, 6.07) is 3.45. The van der Waals surface area contributed by atoms with E-state index >= 15 is 0 Å². The van der Waals surface area contributed by atoms with E-state index in [1.54, 1.807) is 0 Å². The second kappa shape index (κ2) is 9.97. The van der Waals surface area contributed by atoms with Crippen LogP contribution < -0.4 is 0 Å². The predicted octanol–water partition coefficient (Wildman–Crippen LogP) is 7.49. The smallest absolute Gasteiger partial charge is 0.460 e. The van der Waals surface area contributed by atoms with Gasteiger partial charge in [0.25, 0.3) is 0 Å². The standard InChI is InChI=1S/C20H17F15O3/c1-4-38-12(36)10-6-5-7-11(8-10)13(2,37-3)9-14(21,22)15(23,24)16(25,26)17(27,28)18(29,30)19(31,32)20(33,34)35/h5-8H,4,9H2,1-3H3. The van der Waals surface area contributed by atoms with Crippen LogP contribution in [0.4, 0.5) is 65.9 Å². The first-order chi connectivity index (χ1) is 16.7. The van der Waals surface area contributed by atoms with Crippen LogP contribution in [0.3, 0.4) is 0 Å². The monoisotopic (exact) mass is 590 g/mol. The van der Waals surface area contributed by atoms with Gasteiger partial charge < -0.3 is 9.47 Å². The lowest BCUT2D eigenvalue weighted by molar-refractivity contribution is -0.453. The van der Waals surface area contributed by atoms with Crippen molar-refractivity contribution in [2.24, 2.45) is 0 Å². The van der Waals surface area contributed by atoms with Gasteiger partial charge in [-0.1, -0.05) is 12.1 Å². The number of hydrogen-bond acceptors (Lipinski definition) is 3. The van der Waals surface area contributed by atoms with E-state index in [9.17, 15) is 70.7 Å². The normalized spacial score (nSPS) is 16.3. The Bertz CT molecular complexity index is 1000. The molecule has 0 aliphatic rings.